The van der Waals surface area contributed by atoms with E-state index in [-0.39, 0.29) is 5.41 Å². The Kier molecular flexibility index (Phi) is 4.34. The lowest BCUT2D eigenvalue weighted by molar-refractivity contribution is 0.588. The molecule has 0 aliphatic rings. The first-order valence-corrected chi connectivity index (χ1v) is 5.83. The molecule has 0 spiro atoms. The first kappa shape index (κ1) is 12.3. The molecule has 0 fully saturated rings. The number of benzene rings is 1. The summed E-state index contributed by atoms with van der Waals surface area (Å²) in [6.07, 6.45) is 3.48. The maximum Gasteiger partial charge on any atom is -0.00772 e. The fourth-order valence-electron chi connectivity index (χ4n) is 1.67. The molecule has 0 aliphatic heterocycles. The first-order chi connectivity index (χ1) is 7.04. The minimum absolute atomic E-state index is 0.254. The Bertz CT molecular complexity index is 296. The van der Waals surface area contributed by atoms with Crippen LogP contribution in [0.15, 0.2) is 24.3 Å². The average molecular weight is 205 g/mol. The van der Waals surface area contributed by atoms with E-state index in [4.69, 9.17) is 5.73 Å². The van der Waals surface area contributed by atoms with E-state index < -0.39 is 0 Å². The zero-order valence-corrected chi connectivity index (χ0v) is 10.2. The van der Waals surface area contributed by atoms with Crippen molar-refractivity contribution in [3.05, 3.63) is 35.4 Å². The van der Waals surface area contributed by atoms with E-state index in [0.29, 0.717) is 0 Å². The SMILES string of the molecule is CC(C)(C)c1cccc(CCCCN)c1. The molecule has 0 unspecified atom stereocenters. The molecule has 0 bridgehead atoms. The van der Waals surface area contributed by atoms with Gasteiger partial charge < -0.3 is 5.73 Å². The van der Waals surface area contributed by atoms with Gasteiger partial charge in [0.15, 0.2) is 0 Å². The molecule has 1 heteroatoms. The van der Waals surface area contributed by atoms with Gasteiger partial charge in [-0.25, -0.2) is 0 Å². The summed E-state index contributed by atoms with van der Waals surface area (Å²) in [5.74, 6) is 0. The number of hydrogen-bond donors (Lipinski definition) is 1. The Labute approximate surface area is 93.7 Å². The molecular weight excluding hydrogens is 182 g/mol. The van der Waals surface area contributed by atoms with E-state index in [1.807, 2.05) is 0 Å². The third-order valence-corrected chi connectivity index (χ3v) is 2.71. The highest BCUT2D eigenvalue weighted by atomic mass is 14.5. The van der Waals surface area contributed by atoms with Gasteiger partial charge >= 0.3 is 0 Å². The summed E-state index contributed by atoms with van der Waals surface area (Å²) in [5.41, 5.74) is 8.61. The van der Waals surface area contributed by atoms with Gasteiger partial charge in [-0.1, -0.05) is 45.0 Å². The molecule has 0 amide bonds. The molecular formula is C14H23N. The summed E-state index contributed by atoms with van der Waals surface area (Å²) < 4.78 is 0. The van der Waals surface area contributed by atoms with Gasteiger partial charge in [0, 0.05) is 0 Å². The van der Waals surface area contributed by atoms with Crippen LogP contribution in [-0.4, -0.2) is 6.54 Å². The highest BCUT2D eigenvalue weighted by molar-refractivity contribution is 5.28. The van der Waals surface area contributed by atoms with Crippen molar-refractivity contribution >= 4 is 0 Å². The van der Waals surface area contributed by atoms with Crippen LogP contribution in [0.25, 0.3) is 0 Å². The topological polar surface area (TPSA) is 26.0 Å². The number of aryl methyl sites for hydroxylation is 1. The van der Waals surface area contributed by atoms with Gasteiger partial charge in [-0.3, -0.25) is 0 Å². The lowest BCUT2D eigenvalue weighted by Crippen LogP contribution is -2.11. The Hall–Kier alpha value is -0.820. The van der Waals surface area contributed by atoms with Crippen molar-refractivity contribution in [3.63, 3.8) is 0 Å². The fraction of sp³-hybridized carbons (Fsp3) is 0.571. The van der Waals surface area contributed by atoms with Crippen molar-refractivity contribution in [1.29, 1.82) is 0 Å². The normalized spacial score (nSPS) is 11.7. The molecule has 1 nitrogen and oxygen atoms in total. The van der Waals surface area contributed by atoms with Crippen molar-refractivity contribution < 1.29 is 0 Å². The molecule has 1 rings (SSSR count). The van der Waals surface area contributed by atoms with Crippen LogP contribution in [-0.2, 0) is 11.8 Å². The Morgan fingerprint density at radius 3 is 2.47 bits per heavy atom. The van der Waals surface area contributed by atoms with E-state index in [1.165, 1.54) is 17.5 Å². The standard InChI is InChI=1S/C14H23N/c1-14(2,3)13-9-6-8-12(11-13)7-4-5-10-15/h6,8-9,11H,4-5,7,10,15H2,1-3H3. The third-order valence-electron chi connectivity index (χ3n) is 2.71. The van der Waals surface area contributed by atoms with E-state index >= 15 is 0 Å². The fourth-order valence-corrected chi connectivity index (χ4v) is 1.67. The maximum absolute atomic E-state index is 5.49. The van der Waals surface area contributed by atoms with Crippen LogP contribution in [0, 0.1) is 0 Å². The van der Waals surface area contributed by atoms with Crippen LogP contribution in [0.4, 0.5) is 0 Å². The molecule has 0 saturated heterocycles. The quantitative estimate of drug-likeness (QED) is 0.750. The molecule has 0 saturated carbocycles. The van der Waals surface area contributed by atoms with Gasteiger partial charge in [0.2, 0.25) is 0 Å². The highest BCUT2D eigenvalue weighted by Gasteiger charge is 2.13. The molecule has 0 radical (unpaired) electrons. The van der Waals surface area contributed by atoms with Gasteiger partial charge in [0.25, 0.3) is 0 Å². The van der Waals surface area contributed by atoms with Crippen LogP contribution < -0.4 is 5.73 Å². The van der Waals surface area contributed by atoms with Crippen LogP contribution >= 0.6 is 0 Å². The van der Waals surface area contributed by atoms with Crippen LogP contribution in [0.2, 0.25) is 0 Å². The predicted molar refractivity (Wildman–Crippen MR) is 67.1 cm³/mol. The van der Waals surface area contributed by atoms with E-state index in [1.54, 1.807) is 0 Å². The summed E-state index contributed by atoms with van der Waals surface area (Å²) in [7, 11) is 0. The second-order valence-electron chi connectivity index (χ2n) is 5.20. The number of nitrogens with two attached hydrogens (primary N) is 1. The van der Waals surface area contributed by atoms with E-state index in [2.05, 4.69) is 45.0 Å². The number of hydrogen-bond acceptors (Lipinski definition) is 1. The summed E-state index contributed by atoms with van der Waals surface area (Å²) in [5, 5.41) is 0. The van der Waals surface area contributed by atoms with Gasteiger partial charge in [0.1, 0.15) is 0 Å². The van der Waals surface area contributed by atoms with Gasteiger partial charge in [-0.15, -0.1) is 0 Å². The molecule has 2 N–H and O–H groups in total. The summed E-state index contributed by atoms with van der Waals surface area (Å²) in [6, 6.07) is 8.92. The number of unbranched alkanes of at least 4 members (excludes halogenated alkanes) is 1. The first-order valence-electron chi connectivity index (χ1n) is 5.83. The number of rotatable bonds is 4. The molecule has 15 heavy (non-hydrogen) atoms. The molecule has 1 aromatic carbocycles. The van der Waals surface area contributed by atoms with Crippen LogP contribution in [0.1, 0.15) is 44.7 Å². The van der Waals surface area contributed by atoms with E-state index in [0.717, 1.165) is 19.4 Å². The van der Waals surface area contributed by atoms with Crippen molar-refractivity contribution in [2.45, 2.75) is 45.4 Å². The van der Waals surface area contributed by atoms with Crippen molar-refractivity contribution in [2.75, 3.05) is 6.54 Å². The van der Waals surface area contributed by atoms with Crippen LogP contribution in [0.5, 0.6) is 0 Å². The summed E-state index contributed by atoms with van der Waals surface area (Å²) in [4.78, 5) is 0. The lowest BCUT2D eigenvalue weighted by atomic mass is 9.86. The van der Waals surface area contributed by atoms with Crippen molar-refractivity contribution in [1.82, 2.24) is 0 Å². The zero-order valence-electron chi connectivity index (χ0n) is 10.2. The summed E-state index contributed by atoms with van der Waals surface area (Å²) in [6.45, 7) is 7.57. The molecule has 1 aromatic rings. The minimum atomic E-state index is 0.254. The Morgan fingerprint density at radius 2 is 1.87 bits per heavy atom. The van der Waals surface area contributed by atoms with Gasteiger partial charge in [-0.05, 0) is 42.3 Å². The third kappa shape index (κ3) is 4.05. The molecule has 0 aliphatic carbocycles. The van der Waals surface area contributed by atoms with Crippen molar-refractivity contribution in [3.8, 4) is 0 Å². The second-order valence-corrected chi connectivity index (χ2v) is 5.20. The van der Waals surface area contributed by atoms with Gasteiger partial charge in [0.05, 0.1) is 0 Å². The summed E-state index contributed by atoms with van der Waals surface area (Å²) >= 11 is 0. The molecule has 0 atom stereocenters. The smallest absolute Gasteiger partial charge is 0.00772 e. The van der Waals surface area contributed by atoms with Crippen LogP contribution in [0.3, 0.4) is 0 Å². The zero-order chi connectivity index (χ0) is 11.3. The lowest BCUT2D eigenvalue weighted by Gasteiger charge is -2.19. The minimum Gasteiger partial charge on any atom is -0.330 e. The maximum atomic E-state index is 5.49. The molecule has 0 aromatic heterocycles. The Balaban J connectivity index is 2.66. The van der Waals surface area contributed by atoms with Gasteiger partial charge in [-0.2, -0.15) is 0 Å². The van der Waals surface area contributed by atoms with E-state index in [9.17, 15) is 0 Å². The predicted octanol–water partition coefficient (Wildman–Crippen LogP) is 3.27. The second kappa shape index (κ2) is 5.32. The highest BCUT2D eigenvalue weighted by Crippen LogP contribution is 2.23. The largest absolute Gasteiger partial charge is 0.330 e. The molecule has 84 valence electrons. The Morgan fingerprint density at radius 1 is 1.13 bits per heavy atom. The van der Waals surface area contributed by atoms with Crippen molar-refractivity contribution in [2.24, 2.45) is 5.73 Å². The average Bonchev–Trinajstić information content (AvgIpc) is 2.17. The monoisotopic (exact) mass is 205 g/mol. The molecule has 0 heterocycles.